The van der Waals surface area contributed by atoms with Crippen LogP contribution >= 0.6 is 0 Å². The number of rotatable bonds is 7. The third kappa shape index (κ3) is 3.18. The summed E-state index contributed by atoms with van der Waals surface area (Å²) < 4.78 is 0. The molecule has 2 aromatic heterocycles. The highest BCUT2D eigenvalue weighted by Crippen LogP contribution is 2.26. The van der Waals surface area contributed by atoms with Gasteiger partial charge in [0.25, 0.3) is 0 Å². The predicted octanol–water partition coefficient (Wildman–Crippen LogP) is 2.08. The largest absolute Gasteiger partial charge is 0.354 e. The van der Waals surface area contributed by atoms with Gasteiger partial charge in [-0.05, 0) is 18.9 Å². The molecule has 3 rings (SSSR count). The molecule has 0 bridgehead atoms. The molecule has 7 heteroatoms. The zero-order chi connectivity index (χ0) is 16.9. The summed E-state index contributed by atoms with van der Waals surface area (Å²) in [6.07, 6.45) is 6.54. The van der Waals surface area contributed by atoms with Crippen molar-refractivity contribution in [2.45, 2.75) is 38.6 Å². The van der Waals surface area contributed by atoms with Gasteiger partial charge in [0, 0.05) is 25.8 Å². The summed E-state index contributed by atoms with van der Waals surface area (Å²) in [6, 6.07) is 4.10. The fourth-order valence-corrected chi connectivity index (χ4v) is 3.13. The first-order chi connectivity index (χ1) is 11.7. The van der Waals surface area contributed by atoms with Crippen molar-refractivity contribution in [2.24, 2.45) is 0 Å². The quantitative estimate of drug-likeness (QED) is 0.841. The molecule has 1 atom stereocenters. The number of carbonyl (C=O) groups is 1. The molecule has 2 aromatic rings. The van der Waals surface area contributed by atoms with Gasteiger partial charge in [0.2, 0.25) is 5.91 Å². The molecular formula is C17H22N6O. The van der Waals surface area contributed by atoms with Crippen LogP contribution in [-0.4, -0.2) is 51.4 Å². The Labute approximate surface area is 141 Å². The number of fused-ring (bicyclic) bond motifs is 1. The average molecular weight is 326 g/mol. The van der Waals surface area contributed by atoms with Crippen molar-refractivity contribution in [3.05, 3.63) is 18.6 Å². The van der Waals surface area contributed by atoms with Crippen molar-refractivity contribution in [3.63, 3.8) is 0 Å². The van der Waals surface area contributed by atoms with E-state index < -0.39 is 0 Å². The molecule has 0 aromatic carbocycles. The molecule has 126 valence electrons. The van der Waals surface area contributed by atoms with E-state index in [0.29, 0.717) is 0 Å². The molecule has 1 saturated heterocycles. The maximum Gasteiger partial charge on any atom is 0.237 e. The van der Waals surface area contributed by atoms with Gasteiger partial charge in [0.05, 0.1) is 17.5 Å². The number of carbonyl (C=O) groups excluding carboxylic acids is 1. The van der Waals surface area contributed by atoms with Gasteiger partial charge in [0.1, 0.15) is 24.2 Å². The van der Waals surface area contributed by atoms with Crippen LogP contribution in [0.4, 0.5) is 5.82 Å². The minimum Gasteiger partial charge on any atom is -0.354 e. The fourth-order valence-electron chi connectivity index (χ4n) is 3.13. The van der Waals surface area contributed by atoms with E-state index in [0.717, 1.165) is 55.7 Å². The van der Waals surface area contributed by atoms with Gasteiger partial charge in [-0.3, -0.25) is 4.79 Å². The summed E-state index contributed by atoms with van der Waals surface area (Å²) in [4.78, 5) is 27.9. The summed E-state index contributed by atoms with van der Waals surface area (Å²) in [5.74, 6) is 0.841. The zero-order valence-corrected chi connectivity index (χ0v) is 13.9. The summed E-state index contributed by atoms with van der Waals surface area (Å²) in [5.41, 5.74) is 0.826. The topological polar surface area (TPSA) is 88.9 Å². The van der Waals surface area contributed by atoms with Gasteiger partial charge >= 0.3 is 0 Å². The van der Waals surface area contributed by atoms with Crippen LogP contribution in [0.1, 0.15) is 32.6 Å². The Hall–Kier alpha value is -2.62. The van der Waals surface area contributed by atoms with Crippen LogP contribution in [0.15, 0.2) is 18.6 Å². The van der Waals surface area contributed by atoms with Crippen molar-refractivity contribution >= 4 is 22.8 Å². The van der Waals surface area contributed by atoms with E-state index in [1.54, 1.807) is 6.33 Å². The lowest BCUT2D eigenvalue weighted by Crippen LogP contribution is -2.56. The summed E-state index contributed by atoms with van der Waals surface area (Å²) in [6.45, 7) is 4.55. The van der Waals surface area contributed by atoms with Crippen molar-refractivity contribution in [3.8, 4) is 6.07 Å². The SMILES string of the molecule is CCCCN(C[C@@H]1CCN1C(=O)CC#N)c1ncnc2[nH]ccc12. The van der Waals surface area contributed by atoms with E-state index in [9.17, 15) is 4.79 Å². The summed E-state index contributed by atoms with van der Waals surface area (Å²) in [5, 5.41) is 9.74. The van der Waals surface area contributed by atoms with Gasteiger partial charge in [-0.15, -0.1) is 0 Å². The fraction of sp³-hybridized carbons (Fsp3) is 0.529. The first-order valence-electron chi connectivity index (χ1n) is 8.44. The molecule has 1 fully saturated rings. The molecule has 0 spiro atoms. The summed E-state index contributed by atoms with van der Waals surface area (Å²) in [7, 11) is 0. The van der Waals surface area contributed by atoms with E-state index >= 15 is 0 Å². The molecule has 1 aliphatic rings. The van der Waals surface area contributed by atoms with Gasteiger partial charge in [0.15, 0.2) is 0 Å². The van der Waals surface area contributed by atoms with Gasteiger partial charge in [-0.2, -0.15) is 5.26 Å². The number of nitriles is 1. The van der Waals surface area contributed by atoms with Crippen molar-refractivity contribution in [2.75, 3.05) is 24.5 Å². The monoisotopic (exact) mass is 326 g/mol. The second-order valence-electron chi connectivity index (χ2n) is 6.10. The molecule has 24 heavy (non-hydrogen) atoms. The Bertz CT molecular complexity index is 749. The number of nitrogens with zero attached hydrogens (tertiary/aromatic N) is 5. The molecule has 3 heterocycles. The van der Waals surface area contributed by atoms with Gasteiger partial charge in [-0.25, -0.2) is 9.97 Å². The first-order valence-corrected chi connectivity index (χ1v) is 8.44. The Morgan fingerprint density at radius 2 is 2.42 bits per heavy atom. The minimum atomic E-state index is -0.0707. The number of anilines is 1. The zero-order valence-electron chi connectivity index (χ0n) is 13.9. The van der Waals surface area contributed by atoms with Crippen LogP contribution < -0.4 is 4.90 Å². The van der Waals surface area contributed by atoms with Crippen molar-refractivity contribution in [1.29, 1.82) is 5.26 Å². The molecule has 1 amide bonds. The number of amides is 1. The minimum absolute atomic E-state index is 0.0407. The Kier molecular flexibility index (Phi) is 4.94. The number of hydrogen-bond donors (Lipinski definition) is 1. The lowest BCUT2D eigenvalue weighted by atomic mass is 10.0. The van der Waals surface area contributed by atoms with Crippen molar-refractivity contribution < 1.29 is 4.79 Å². The Balaban J connectivity index is 1.79. The van der Waals surface area contributed by atoms with Crippen LogP contribution in [0.25, 0.3) is 11.0 Å². The van der Waals surface area contributed by atoms with Gasteiger partial charge in [-0.1, -0.05) is 13.3 Å². The number of nitrogens with one attached hydrogen (secondary N) is 1. The smallest absolute Gasteiger partial charge is 0.237 e. The molecular weight excluding hydrogens is 304 g/mol. The highest BCUT2D eigenvalue weighted by atomic mass is 16.2. The normalized spacial score (nSPS) is 16.7. The first kappa shape index (κ1) is 16.2. The maximum absolute atomic E-state index is 12.0. The average Bonchev–Trinajstić information content (AvgIpc) is 3.03. The molecule has 0 saturated carbocycles. The second-order valence-corrected chi connectivity index (χ2v) is 6.10. The van der Waals surface area contributed by atoms with Crippen molar-refractivity contribution in [1.82, 2.24) is 19.9 Å². The molecule has 1 N–H and O–H groups in total. The summed E-state index contributed by atoms with van der Waals surface area (Å²) >= 11 is 0. The second kappa shape index (κ2) is 7.30. The molecule has 0 unspecified atom stereocenters. The van der Waals surface area contributed by atoms with E-state index in [2.05, 4.69) is 26.8 Å². The highest BCUT2D eigenvalue weighted by Gasteiger charge is 2.33. The van der Waals surface area contributed by atoms with Crippen LogP contribution in [-0.2, 0) is 4.79 Å². The lowest BCUT2D eigenvalue weighted by Gasteiger charge is -2.43. The third-order valence-corrected chi connectivity index (χ3v) is 4.54. The van der Waals surface area contributed by atoms with Crippen LogP contribution in [0.2, 0.25) is 0 Å². The number of unbranched alkanes of at least 4 members (excludes halogenated alkanes) is 1. The number of aromatic amines is 1. The van der Waals surface area contributed by atoms with E-state index in [1.165, 1.54) is 0 Å². The van der Waals surface area contributed by atoms with Crippen LogP contribution in [0.3, 0.4) is 0 Å². The number of aromatic nitrogens is 3. The van der Waals surface area contributed by atoms with E-state index in [-0.39, 0.29) is 18.4 Å². The molecule has 7 nitrogen and oxygen atoms in total. The molecule has 0 radical (unpaired) electrons. The molecule has 1 aliphatic heterocycles. The van der Waals surface area contributed by atoms with Crippen LogP contribution in [0, 0.1) is 11.3 Å². The maximum atomic E-state index is 12.0. The number of H-pyrrole nitrogens is 1. The lowest BCUT2D eigenvalue weighted by molar-refractivity contribution is -0.137. The van der Waals surface area contributed by atoms with E-state index in [4.69, 9.17) is 5.26 Å². The Morgan fingerprint density at radius 1 is 1.54 bits per heavy atom. The Morgan fingerprint density at radius 3 is 3.12 bits per heavy atom. The predicted molar refractivity (Wildman–Crippen MR) is 91.4 cm³/mol. The number of hydrogen-bond acceptors (Lipinski definition) is 5. The highest BCUT2D eigenvalue weighted by molar-refractivity contribution is 5.87. The van der Waals surface area contributed by atoms with E-state index in [1.807, 2.05) is 23.2 Å². The molecule has 0 aliphatic carbocycles. The van der Waals surface area contributed by atoms with Crippen LogP contribution in [0.5, 0.6) is 0 Å². The standard InChI is InChI=1S/C17H22N6O/c1-2-3-9-22(11-13-6-10-23(13)15(24)4-7-18)17-14-5-8-19-16(14)20-12-21-17/h5,8,12-13H,2-4,6,9-11H2,1H3,(H,19,20,21)/t13-/m0/s1. The van der Waals surface area contributed by atoms with Gasteiger partial charge < -0.3 is 14.8 Å². The third-order valence-electron chi connectivity index (χ3n) is 4.54. The number of likely N-dealkylation sites (tertiary alicyclic amines) is 1.